The quantitative estimate of drug-likeness (QED) is 0.144. The topological polar surface area (TPSA) is 109 Å². The molecule has 0 aliphatic rings. The summed E-state index contributed by atoms with van der Waals surface area (Å²) in [6.45, 7) is 0. The number of carbonyl (C=O) groups excluding carboxylic acids is 1. The largest absolute Gasteiger partial charge is 0.495 e. The third-order valence-corrected chi connectivity index (χ3v) is 5.09. The number of fused-ring (bicyclic) bond motifs is 1. The van der Waals surface area contributed by atoms with Gasteiger partial charge in [-0.2, -0.15) is 5.26 Å². The first-order chi connectivity index (χ1) is 15.5. The summed E-state index contributed by atoms with van der Waals surface area (Å²) in [7, 11) is 1.57. The van der Waals surface area contributed by atoms with Crippen LogP contribution < -0.4 is 4.74 Å². The molecule has 0 bridgehead atoms. The number of hydrogen-bond donors (Lipinski definition) is 1. The summed E-state index contributed by atoms with van der Waals surface area (Å²) in [6.07, 6.45) is 1.52. The number of hydrogen-bond acceptors (Lipinski definition) is 5. The first-order valence-electron chi connectivity index (χ1n) is 9.68. The van der Waals surface area contributed by atoms with Gasteiger partial charge in [0.2, 0.25) is 5.78 Å². The number of rotatable bonds is 6. The van der Waals surface area contributed by atoms with Crippen molar-refractivity contribution >= 4 is 28.4 Å². The number of aromatic amines is 1. The van der Waals surface area contributed by atoms with Gasteiger partial charge < -0.3 is 9.72 Å². The second-order valence-corrected chi connectivity index (χ2v) is 6.97. The molecule has 32 heavy (non-hydrogen) atoms. The lowest BCUT2D eigenvalue weighted by Gasteiger charge is -2.03. The number of aromatic nitrogens is 1. The number of allylic oxidation sites excluding steroid dienone is 1. The average molecular weight is 423 g/mol. The minimum Gasteiger partial charge on any atom is -0.495 e. The van der Waals surface area contributed by atoms with Crippen LogP contribution in [0.1, 0.15) is 15.9 Å². The fourth-order valence-corrected chi connectivity index (χ4v) is 3.57. The van der Waals surface area contributed by atoms with Crippen LogP contribution in [-0.4, -0.2) is 22.8 Å². The van der Waals surface area contributed by atoms with Gasteiger partial charge in [-0.1, -0.05) is 54.6 Å². The molecule has 0 saturated heterocycles. The van der Waals surface area contributed by atoms with Gasteiger partial charge in [-0.25, -0.2) is 0 Å². The summed E-state index contributed by atoms with van der Waals surface area (Å²) in [6, 6.07) is 22.4. The molecule has 0 atom stereocenters. The van der Waals surface area contributed by atoms with Crippen molar-refractivity contribution in [2.75, 3.05) is 7.11 Å². The number of H-pyrrole nitrogens is 1. The van der Waals surface area contributed by atoms with Gasteiger partial charge in [-0.15, -0.1) is 0 Å². The van der Waals surface area contributed by atoms with E-state index in [-0.39, 0.29) is 16.8 Å². The predicted molar refractivity (Wildman–Crippen MR) is 121 cm³/mol. The number of nitro groups is 1. The second kappa shape index (κ2) is 8.58. The van der Waals surface area contributed by atoms with E-state index in [0.717, 1.165) is 22.2 Å². The number of nitrogens with zero attached hydrogens (tertiary/aromatic N) is 2. The summed E-state index contributed by atoms with van der Waals surface area (Å²) in [5.74, 6) is 0.0373. The molecule has 0 unspecified atom stereocenters. The molecule has 4 aromatic rings. The highest BCUT2D eigenvalue weighted by Crippen LogP contribution is 2.36. The van der Waals surface area contributed by atoms with Crippen molar-refractivity contribution in [3.8, 4) is 23.1 Å². The van der Waals surface area contributed by atoms with E-state index < -0.39 is 10.7 Å². The normalized spacial score (nSPS) is 11.2. The number of ketones is 1. The maximum absolute atomic E-state index is 13.0. The zero-order valence-corrected chi connectivity index (χ0v) is 17.0. The third kappa shape index (κ3) is 3.73. The Bertz CT molecular complexity index is 1410. The predicted octanol–water partition coefficient (Wildman–Crippen LogP) is 5.54. The van der Waals surface area contributed by atoms with E-state index >= 15 is 0 Å². The monoisotopic (exact) mass is 423 g/mol. The van der Waals surface area contributed by atoms with Crippen molar-refractivity contribution in [2.45, 2.75) is 0 Å². The van der Waals surface area contributed by atoms with E-state index in [0.29, 0.717) is 11.3 Å². The summed E-state index contributed by atoms with van der Waals surface area (Å²) in [5, 5.41) is 21.6. The van der Waals surface area contributed by atoms with Gasteiger partial charge in [0.05, 0.1) is 23.2 Å². The Morgan fingerprint density at radius 3 is 2.53 bits per heavy atom. The van der Waals surface area contributed by atoms with Gasteiger partial charge in [0.25, 0.3) is 5.69 Å². The molecule has 0 radical (unpaired) electrons. The number of Topliss-reactive ketones (excluding diaryl/α,β-unsaturated/α-hetero) is 1. The summed E-state index contributed by atoms with van der Waals surface area (Å²) in [4.78, 5) is 26.9. The van der Waals surface area contributed by atoms with Gasteiger partial charge in [-0.05, 0) is 17.7 Å². The van der Waals surface area contributed by atoms with Crippen LogP contribution in [-0.2, 0) is 0 Å². The van der Waals surface area contributed by atoms with Crippen molar-refractivity contribution in [2.24, 2.45) is 0 Å². The van der Waals surface area contributed by atoms with Gasteiger partial charge in [0, 0.05) is 28.6 Å². The van der Waals surface area contributed by atoms with E-state index in [2.05, 4.69) is 4.98 Å². The Hall–Kier alpha value is -4.70. The minimum absolute atomic E-state index is 0.0747. The van der Waals surface area contributed by atoms with Crippen molar-refractivity contribution < 1.29 is 14.5 Å². The smallest absolute Gasteiger partial charge is 0.270 e. The number of nitrogens with one attached hydrogen (secondary N) is 1. The Kier molecular flexibility index (Phi) is 5.51. The molecule has 7 heteroatoms. The molecule has 7 nitrogen and oxygen atoms in total. The highest BCUT2D eigenvalue weighted by molar-refractivity contribution is 6.16. The molecule has 1 heterocycles. The molecule has 0 fully saturated rings. The van der Waals surface area contributed by atoms with Crippen LogP contribution in [0.25, 0.3) is 28.2 Å². The number of methoxy groups -OCH3 is 1. The number of non-ortho nitro benzene ring substituents is 1. The fraction of sp³-hybridized carbons (Fsp3) is 0.0400. The molecule has 0 aliphatic carbocycles. The van der Waals surface area contributed by atoms with E-state index in [1.54, 1.807) is 7.11 Å². The van der Waals surface area contributed by atoms with Gasteiger partial charge >= 0.3 is 0 Å². The molecule has 0 aliphatic heterocycles. The van der Waals surface area contributed by atoms with E-state index in [9.17, 15) is 20.2 Å². The maximum Gasteiger partial charge on any atom is 0.270 e. The van der Waals surface area contributed by atoms with Crippen LogP contribution in [0, 0.1) is 21.4 Å². The fourth-order valence-electron chi connectivity index (χ4n) is 3.57. The lowest BCUT2D eigenvalue weighted by Crippen LogP contribution is -2.03. The number of carbonyl (C=O) groups is 1. The average Bonchev–Trinajstić information content (AvgIpc) is 3.21. The molecule has 0 saturated carbocycles. The van der Waals surface area contributed by atoms with Crippen molar-refractivity contribution in [3.63, 3.8) is 0 Å². The van der Waals surface area contributed by atoms with Crippen molar-refractivity contribution in [3.05, 3.63) is 99.6 Å². The lowest BCUT2D eigenvalue weighted by atomic mass is 9.98. The van der Waals surface area contributed by atoms with Crippen LogP contribution in [0.4, 0.5) is 5.69 Å². The highest BCUT2D eigenvalue weighted by atomic mass is 16.6. The number of para-hydroxylation sites is 1. The van der Waals surface area contributed by atoms with Gasteiger partial charge in [0.15, 0.2) is 0 Å². The van der Waals surface area contributed by atoms with E-state index in [1.807, 2.05) is 54.6 Å². The zero-order valence-electron chi connectivity index (χ0n) is 17.0. The van der Waals surface area contributed by atoms with Crippen molar-refractivity contribution in [1.29, 1.82) is 5.26 Å². The molecule has 0 amide bonds. The number of ether oxygens (including phenoxy) is 1. The van der Waals surface area contributed by atoms with E-state index in [4.69, 9.17) is 4.74 Å². The van der Waals surface area contributed by atoms with Crippen LogP contribution in [0.15, 0.2) is 78.4 Å². The summed E-state index contributed by atoms with van der Waals surface area (Å²) in [5.41, 5.74) is 2.72. The molecule has 0 spiro atoms. The molecule has 3 aromatic carbocycles. The number of nitriles is 1. The number of nitro benzene ring substituents is 1. The van der Waals surface area contributed by atoms with Crippen LogP contribution in [0.3, 0.4) is 0 Å². The van der Waals surface area contributed by atoms with E-state index in [1.165, 1.54) is 30.3 Å². The lowest BCUT2D eigenvalue weighted by molar-refractivity contribution is -0.384. The van der Waals surface area contributed by atoms with Gasteiger partial charge in [-0.3, -0.25) is 14.9 Å². The maximum atomic E-state index is 13.0. The Morgan fingerprint density at radius 2 is 1.84 bits per heavy atom. The standard InChI is InChI=1S/C25H17N3O4/c1-32-22-12-6-11-20-21(23(27-24(20)22)16-7-3-2-4-8-16)14-18(15-26)25(29)17-9-5-10-19(13-17)28(30)31/h2-14,27H,1H3. The summed E-state index contributed by atoms with van der Waals surface area (Å²) < 4.78 is 5.47. The molecule has 1 N–H and O–H groups in total. The Morgan fingerprint density at radius 1 is 1.09 bits per heavy atom. The Balaban J connectivity index is 1.91. The van der Waals surface area contributed by atoms with Crippen molar-refractivity contribution in [1.82, 2.24) is 4.98 Å². The van der Waals surface area contributed by atoms with Crippen LogP contribution in [0.5, 0.6) is 5.75 Å². The Labute approximate surface area is 183 Å². The molecule has 156 valence electrons. The highest BCUT2D eigenvalue weighted by Gasteiger charge is 2.19. The number of benzene rings is 3. The molecular weight excluding hydrogens is 406 g/mol. The van der Waals surface area contributed by atoms with Crippen LogP contribution >= 0.6 is 0 Å². The minimum atomic E-state index is -0.590. The first kappa shape index (κ1) is 20.6. The second-order valence-electron chi connectivity index (χ2n) is 6.97. The van der Waals surface area contributed by atoms with Crippen LogP contribution in [0.2, 0.25) is 0 Å². The zero-order chi connectivity index (χ0) is 22.7. The molecular formula is C25H17N3O4. The molecule has 1 aromatic heterocycles. The SMILES string of the molecule is COc1cccc2c(C=C(C#N)C(=O)c3cccc([N+](=O)[O-])c3)c(-c3ccccc3)[nH]c12. The first-order valence-corrected chi connectivity index (χ1v) is 9.68. The summed E-state index contributed by atoms with van der Waals surface area (Å²) >= 11 is 0. The third-order valence-electron chi connectivity index (χ3n) is 5.09. The van der Waals surface area contributed by atoms with Gasteiger partial charge in [0.1, 0.15) is 17.4 Å². The molecule has 4 rings (SSSR count).